The van der Waals surface area contributed by atoms with Crippen LogP contribution in [0.3, 0.4) is 0 Å². The normalized spacial score (nSPS) is 12.6. The number of nitrogens with two attached hydrogens (primary N) is 1. The van der Waals surface area contributed by atoms with Gasteiger partial charge in [0.25, 0.3) is 11.5 Å². The van der Waals surface area contributed by atoms with Crippen LogP contribution >= 0.6 is 0 Å². The molecule has 0 spiro atoms. The fraction of sp³-hybridized carbons (Fsp3) is 0.111. The lowest BCUT2D eigenvalue weighted by atomic mass is 10.2. The van der Waals surface area contributed by atoms with E-state index in [1.54, 1.807) is 0 Å². The van der Waals surface area contributed by atoms with E-state index in [4.69, 9.17) is 10.5 Å². The molecular formula is C27H20F3N5O4. The second-order valence-electron chi connectivity index (χ2n) is 8.76. The van der Waals surface area contributed by atoms with Crippen molar-refractivity contribution >= 4 is 29.0 Å². The number of nitrogens with one attached hydrogen (secondary N) is 2. The molecule has 2 aromatic heterocycles. The zero-order chi connectivity index (χ0) is 27.7. The van der Waals surface area contributed by atoms with E-state index in [9.17, 15) is 27.6 Å². The van der Waals surface area contributed by atoms with E-state index in [1.165, 1.54) is 42.7 Å². The van der Waals surface area contributed by atoms with Crippen molar-refractivity contribution in [2.75, 3.05) is 16.4 Å². The van der Waals surface area contributed by atoms with Crippen LogP contribution in [0, 0.1) is 23.4 Å². The molecule has 0 radical (unpaired) electrons. The van der Waals surface area contributed by atoms with E-state index >= 15 is 0 Å². The highest BCUT2D eigenvalue weighted by Gasteiger charge is 2.30. The van der Waals surface area contributed by atoms with Gasteiger partial charge in [-0.15, -0.1) is 0 Å². The highest BCUT2D eigenvalue weighted by molar-refractivity contribution is 6.07. The van der Waals surface area contributed by atoms with Gasteiger partial charge in [-0.05, 0) is 49.2 Å². The molecule has 0 atom stereocenters. The zero-order valence-corrected chi connectivity index (χ0v) is 20.1. The maximum atomic E-state index is 14.9. The molecule has 1 fully saturated rings. The van der Waals surface area contributed by atoms with E-state index in [2.05, 4.69) is 15.6 Å². The Kier molecular flexibility index (Phi) is 6.75. The van der Waals surface area contributed by atoms with Gasteiger partial charge in [-0.3, -0.25) is 19.0 Å². The summed E-state index contributed by atoms with van der Waals surface area (Å²) < 4.78 is 49.4. The maximum Gasteiger partial charge on any atom is 0.270 e. The van der Waals surface area contributed by atoms with Crippen LogP contribution in [0.2, 0.25) is 0 Å². The molecule has 12 heteroatoms. The van der Waals surface area contributed by atoms with Crippen molar-refractivity contribution in [3.63, 3.8) is 0 Å². The number of rotatable bonds is 7. The highest BCUT2D eigenvalue weighted by atomic mass is 19.1. The second-order valence-corrected chi connectivity index (χ2v) is 8.76. The number of carbonyl (C=O) groups excluding carboxylic acids is 2. The molecule has 39 heavy (non-hydrogen) atoms. The summed E-state index contributed by atoms with van der Waals surface area (Å²) in [6.45, 7) is 0. The Labute approximate surface area is 219 Å². The number of amides is 2. The van der Waals surface area contributed by atoms with Crippen LogP contribution < -0.4 is 26.7 Å². The molecule has 1 saturated carbocycles. The minimum Gasteiger partial charge on any atom is -0.454 e. The Balaban J connectivity index is 1.35. The molecule has 0 aliphatic heterocycles. The molecule has 2 heterocycles. The third-order valence-corrected chi connectivity index (χ3v) is 5.88. The number of benzene rings is 2. The standard InChI is InChI=1S/C27H20F3N5O4/c28-15-3-5-16(6-4-15)35-10-8-20(31)24(27(35)38)26(37)33-21-12-19(30)22(13-18(21)29)39-17-7-9-32-23(11-17)34-25(36)14-1-2-14/h3-14H,1-2,31H2,(H,33,37)(H,32,34,36). The summed E-state index contributed by atoms with van der Waals surface area (Å²) in [5.41, 5.74) is 3.98. The largest absolute Gasteiger partial charge is 0.454 e. The van der Waals surface area contributed by atoms with Crippen molar-refractivity contribution in [2.45, 2.75) is 12.8 Å². The number of hydrogen-bond donors (Lipinski definition) is 3. The van der Waals surface area contributed by atoms with Crippen LogP contribution in [0.4, 0.5) is 30.4 Å². The highest BCUT2D eigenvalue weighted by Crippen LogP contribution is 2.32. The molecular weight excluding hydrogens is 515 g/mol. The predicted molar refractivity (Wildman–Crippen MR) is 136 cm³/mol. The van der Waals surface area contributed by atoms with Gasteiger partial charge in [0.1, 0.15) is 22.9 Å². The average Bonchev–Trinajstić information content (AvgIpc) is 3.74. The van der Waals surface area contributed by atoms with Gasteiger partial charge >= 0.3 is 0 Å². The molecule has 4 N–H and O–H groups in total. The first-order valence-electron chi connectivity index (χ1n) is 11.7. The van der Waals surface area contributed by atoms with Gasteiger partial charge in [0.15, 0.2) is 17.4 Å². The Morgan fingerprint density at radius 3 is 2.44 bits per heavy atom. The van der Waals surface area contributed by atoms with Crippen molar-refractivity contribution < 1.29 is 27.5 Å². The van der Waals surface area contributed by atoms with Gasteiger partial charge in [0.05, 0.1) is 11.4 Å². The van der Waals surface area contributed by atoms with Gasteiger partial charge in [0.2, 0.25) is 5.91 Å². The first-order chi connectivity index (χ1) is 18.7. The number of ether oxygens (including phenoxy) is 1. The average molecular weight is 535 g/mol. The molecule has 1 aliphatic carbocycles. The lowest BCUT2D eigenvalue weighted by Gasteiger charge is -2.13. The summed E-state index contributed by atoms with van der Waals surface area (Å²) in [5.74, 6) is -4.11. The molecule has 4 aromatic rings. The fourth-order valence-electron chi connectivity index (χ4n) is 3.71. The van der Waals surface area contributed by atoms with Crippen LogP contribution in [0.25, 0.3) is 5.69 Å². The van der Waals surface area contributed by atoms with Gasteiger partial charge in [-0.25, -0.2) is 18.2 Å². The minimum absolute atomic E-state index is 0.0531. The smallest absolute Gasteiger partial charge is 0.270 e. The van der Waals surface area contributed by atoms with Crippen LogP contribution in [-0.2, 0) is 4.79 Å². The molecule has 0 saturated heterocycles. The summed E-state index contributed by atoms with van der Waals surface area (Å²) in [4.78, 5) is 41.8. The summed E-state index contributed by atoms with van der Waals surface area (Å²) in [6.07, 6.45) is 4.24. The lowest BCUT2D eigenvalue weighted by Crippen LogP contribution is -2.29. The van der Waals surface area contributed by atoms with E-state index in [1.807, 2.05) is 0 Å². The molecule has 2 amide bonds. The zero-order valence-electron chi connectivity index (χ0n) is 20.1. The molecule has 2 aromatic carbocycles. The first-order valence-corrected chi connectivity index (χ1v) is 11.7. The summed E-state index contributed by atoms with van der Waals surface area (Å²) in [5, 5.41) is 4.78. The Bertz CT molecular complexity index is 1650. The molecule has 1 aliphatic rings. The third kappa shape index (κ3) is 5.59. The Morgan fingerprint density at radius 1 is 0.974 bits per heavy atom. The minimum atomic E-state index is -1.08. The lowest BCUT2D eigenvalue weighted by molar-refractivity contribution is -0.117. The summed E-state index contributed by atoms with van der Waals surface area (Å²) in [6, 6.07) is 10.4. The summed E-state index contributed by atoms with van der Waals surface area (Å²) >= 11 is 0. The van der Waals surface area contributed by atoms with Crippen LogP contribution in [0.5, 0.6) is 11.5 Å². The Hall–Kier alpha value is -5.13. The quantitative estimate of drug-likeness (QED) is 0.317. The molecule has 0 bridgehead atoms. The fourth-order valence-corrected chi connectivity index (χ4v) is 3.71. The van der Waals surface area contributed by atoms with Crippen LogP contribution in [0.1, 0.15) is 23.2 Å². The van der Waals surface area contributed by atoms with E-state index < -0.39 is 45.9 Å². The van der Waals surface area contributed by atoms with Crippen LogP contribution in [0.15, 0.2) is 71.8 Å². The van der Waals surface area contributed by atoms with Crippen molar-refractivity contribution in [3.8, 4) is 17.2 Å². The SMILES string of the molecule is Nc1ccn(-c2ccc(F)cc2)c(=O)c1C(=O)Nc1cc(F)c(Oc2ccnc(NC(=O)C3CC3)c2)cc1F. The predicted octanol–water partition coefficient (Wildman–Crippen LogP) is 4.63. The van der Waals surface area contributed by atoms with Crippen molar-refractivity contribution in [2.24, 2.45) is 5.92 Å². The first kappa shape index (κ1) is 25.5. The number of hydrogen-bond acceptors (Lipinski definition) is 6. The molecule has 9 nitrogen and oxygen atoms in total. The Morgan fingerprint density at radius 2 is 1.72 bits per heavy atom. The van der Waals surface area contributed by atoms with E-state index in [0.717, 1.165) is 35.6 Å². The van der Waals surface area contributed by atoms with Crippen LogP contribution in [-0.4, -0.2) is 21.4 Å². The van der Waals surface area contributed by atoms with E-state index in [-0.39, 0.29) is 34.8 Å². The van der Waals surface area contributed by atoms with Gasteiger partial charge in [-0.2, -0.15) is 0 Å². The third-order valence-electron chi connectivity index (χ3n) is 5.88. The van der Waals surface area contributed by atoms with Crippen molar-refractivity contribution in [1.29, 1.82) is 0 Å². The number of aromatic nitrogens is 2. The van der Waals surface area contributed by atoms with E-state index in [0.29, 0.717) is 6.07 Å². The number of anilines is 3. The van der Waals surface area contributed by atoms with Gasteiger partial charge in [0, 0.05) is 42.2 Å². The molecule has 198 valence electrons. The van der Waals surface area contributed by atoms with Gasteiger partial charge in [-0.1, -0.05) is 0 Å². The molecule has 5 rings (SSSR count). The van der Waals surface area contributed by atoms with Gasteiger partial charge < -0.3 is 21.1 Å². The molecule has 0 unspecified atom stereocenters. The monoisotopic (exact) mass is 535 g/mol. The number of nitrogens with zero attached hydrogens (tertiary/aromatic N) is 2. The number of halogens is 3. The number of pyridine rings is 2. The summed E-state index contributed by atoms with van der Waals surface area (Å²) in [7, 11) is 0. The topological polar surface area (TPSA) is 128 Å². The van der Waals surface area contributed by atoms with Crippen molar-refractivity contribution in [1.82, 2.24) is 9.55 Å². The maximum absolute atomic E-state index is 14.9. The second kappa shape index (κ2) is 10.3. The number of carbonyl (C=O) groups is 2. The van der Waals surface area contributed by atoms with Crippen molar-refractivity contribution in [3.05, 3.63) is 100 Å². The number of nitrogen functional groups attached to an aromatic ring is 1.